The fourth-order valence-electron chi connectivity index (χ4n) is 2.66. The van der Waals surface area contributed by atoms with Gasteiger partial charge in [0.25, 0.3) is 0 Å². The van der Waals surface area contributed by atoms with Gasteiger partial charge < -0.3 is 4.90 Å². The Kier molecular flexibility index (Phi) is 4.34. The molecule has 0 aliphatic carbocycles. The molecule has 0 bridgehead atoms. The van der Waals surface area contributed by atoms with Gasteiger partial charge in [0.05, 0.1) is 0 Å². The van der Waals surface area contributed by atoms with Crippen LogP contribution in [0.15, 0.2) is 23.1 Å². The van der Waals surface area contributed by atoms with Crippen LogP contribution in [-0.4, -0.2) is 48.9 Å². The van der Waals surface area contributed by atoms with Crippen molar-refractivity contribution in [2.75, 3.05) is 39.0 Å². The minimum atomic E-state index is 0.415. The van der Waals surface area contributed by atoms with E-state index in [1.807, 2.05) is 17.8 Å². The van der Waals surface area contributed by atoms with E-state index in [4.69, 9.17) is 11.6 Å². The predicted molar refractivity (Wildman–Crippen MR) is 81.7 cm³/mol. The van der Waals surface area contributed by atoms with Crippen LogP contribution in [0.5, 0.6) is 0 Å². The maximum Gasteiger partial charge on any atom is 0.0484 e. The number of hydrazine groups is 1. The number of hydrogen-bond donors (Lipinski definition) is 1. The van der Waals surface area contributed by atoms with Crippen LogP contribution in [0.1, 0.15) is 18.0 Å². The molecular weight excluding hydrogens is 278 g/mol. The van der Waals surface area contributed by atoms with Crippen molar-refractivity contribution in [1.82, 2.24) is 15.3 Å². The van der Waals surface area contributed by atoms with Crippen LogP contribution in [0.4, 0.5) is 0 Å². The van der Waals surface area contributed by atoms with E-state index in [9.17, 15) is 0 Å². The summed E-state index contributed by atoms with van der Waals surface area (Å²) in [5.74, 6) is 1.18. The number of nitrogens with zero attached hydrogens (tertiary/aromatic N) is 2. The standard InChI is InChI=1S/C14H20ClN3S/c1-17-5-7-18(8-6-17)16-13-4-9-19-14-3-2-11(15)10-12(13)14/h2-3,10,13,16H,4-9H2,1H3. The van der Waals surface area contributed by atoms with Crippen LogP contribution < -0.4 is 5.43 Å². The van der Waals surface area contributed by atoms with E-state index in [1.54, 1.807) is 0 Å². The highest BCUT2D eigenvalue weighted by atomic mass is 35.5. The van der Waals surface area contributed by atoms with Crippen LogP contribution in [0, 0.1) is 0 Å². The molecule has 1 saturated heterocycles. The van der Waals surface area contributed by atoms with Gasteiger partial charge in [-0.1, -0.05) is 11.6 Å². The van der Waals surface area contributed by atoms with E-state index in [0.717, 1.165) is 31.2 Å². The Bertz CT molecular complexity index is 446. The van der Waals surface area contributed by atoms with Gasteiger partial charge in [0, 0.05) is 42.1 Å². The van der Waals surface area contributed by atoms with Gasteiger partial charge in [-0.05, 0) is 43.0 Å². The lowest BCUT2D eigenvalue weighted by Gasteiger charge is -2.37. The van der Waals surface area contributed by atoms with E-state index >= 15 is 0 Å². The summed E-state index contributed by atoms with van der Waals surface area (Å²) >= 11 is 8.08. The second kappa shape index (κ2) is 6.02. The number of hydrogen-bond acceptors (Lipinski definition) is 4. The topological polar surface area (TPSA) is 18.5 Å². The van der Waals surface area contributed by atoms with Crippen molar-refractivity contribution in [3.63, 3.8) is 0 Å². The van der Waals surface area contributed by atoms with Crippen LogP contribution in [-0.2, 0) is 0 Å². The van der Waals surface area contributed by atoms with Gasteiger partial charge in [-0.15, -0.1) is 11.8 Å². The van der Waals surface area contributed by atoms with Gasteiger partial charge >= 0.3 is 0 Å². The maximum atomic E-state index is 6.15. The minimum absolute atomic E-state index is 0.415. The highest BCUT2D eigenvalue weighted by molar-refractivity contribution is 7.99. The van der Waals surface area contributed by atoms with Crippen LogP contribution in [0.2, 0.25) is 5.02 Å². The van der Waals surface area contributed by atoms with E-state index in [0.29, 0.717) is 6.04 Å². The molecule has 0 saturated carbocycles. The lowest BCUT2D eigenvalue weighted by molar-refractivity contribution is 0.0851. The molecule has 1 aromatic carbocycles. The Morgan fingerprint density at radius 1 is 1.26 bits per heavy atom. The van der Waals surface area contributed by atoms with Crippen molar-refractivity contribution in [3.8, 4) is 0 Å². The SMILES string of the molecule is CN1CCN(NC2CCSc3ccc(Cl)cc32)CC1. The lowest BCUT2D eigenvalue weighted by atomic mass is 10.0. The van der Waals surface area contributed by atoms with Crippen molar-refractivity contribution in [2.24, 2.45) is 0 Å². The first-order valence-electron chi connectivity index (χ1n) is 6.84. The van der Waals surface area contributed by atoms with Crippen LogP contribution in [0.25, 0.3) is 0 Å². The first kappa shape index (κ1) is 13.7. The van der Waals surface area contributed by atoms with Crippen LogP contribution in [0.3, 0.4) is 0 Å². The molecule has 1 fully saturated rings. The first-order valence-corrected chi connectivity index (χ1v) is 8.20. The summed E-state index contributed by atoms with van der Waals surface area (Å²) in [7, 11) is 2.18. The average molecular weight is 298 g/mol. The van der Waals surface area contributed by atoms with E-state index in [-0.39, 0.29) is 0 Å². The third kappa shape index (κ3) is 3.26. The molecule has 19 heavy (non-hydrogen) atoms. The summed E-state index contributed by atoms with van der Waals surface area (Å²) in [6, 6.07) is 6.68. The summed E-state index contributed by atoms with van der Waals surface area (Å²) < 4.78 is 0. The van der Waals surface area contributed by atoms with Gasteiger partial charge in [-0.2, -0.15) is 0 Å². The van der Waals surface area contributed by atoms with Gasteiger partial charge in [-0.25, -0.2) is 10.4 Å². The Labute approximate surface area is 124 Å². The van der Waals surface area contributed by atoms with Crippen molar-refractivity contribution >= 4 is 23.4 Å². The monoisotopic (exact) mass is 297 g/mol. The van der Waals surface area contributed by atoms with E-state index in [1.165, 1.54) is 22.6 Å². The van der Waals surface area contributed by atoms with Gasteiger partial charge in [0.1, 0.15) is 0 Å². The number of thioether (sulfide) groups is 1. The van der Waals surface area contributed by atoms with Crippen molar-refractivity contribution < 1.29 is 0 Å². The Morgan fingerprint density at radius 2 is 2.05 bits per heavy atom. The third-order valence-corrected chi connectivity index (χ3v) is 5.21. The summed E-state index contributed by atoms with van der Waals surface area (Å²) in [5, 5.41) is 3.21. The van der Waals surface area contributed by atoms with Crippen LogP contribution >= 0.6 is 23.4 Å². The molecule has 3 rings (SSSR count). The van der Waals surface area contributed by atoms with Gasteiger partial charge in [0.15, 0.2) is 0 Å². The summed E-state index contributed by atoms with van der Waals surface area (Å²) in [5.41, 5.74) is 5.06. The zero-order valence-electron chi connectivity index (χ0n) is 11.2. The number of piperazine rings is 1. The number of rotatable bonds is 2. The molecule has 3 nitrogen and oxygen atoms in total. The summed E-state index contributed by atoms with van der Waals surface area (Å²) in [6.07, 6.45) is 1.17. The molecule has 2 heterocycles. The zero-order chi connectivity index (χ0) is 13.2. The molecule has 1 aromatic rings. The Hall–Kier alpha value is -0.260. The minimum Gasteiger partial charge on any atom is -0.304 e. The second-order valence-electron chi connectivity index (χ2n) is 5.29. The highest BCUT2D eigenvalue weighted by Crippen LogP contribution is 2.37. The molecule has 0 aromatic heterocycles. The molecule has 104 valence electrons. The number of halogens is 1. The lowest BCUT2D eigenvalue weighted by Crippen LogP contribution is -2.52. The zero-order valence-corrected chi connectivity index (χ0v) is 12.8. The Morgan fingerprint density at radius 3 is 2.84 bits per heavy atom. The van der Waals surface area contributed by atoms with E-state index < -0.39 is 0 Å². The molecule has 1 N–H and O–H groups in total. The summed E-state index contributed by atoms with van der Waals surface area (Å²) in [4.78, 5) is 3.75. The fourth-order valence-corrected chi connectivity index (χ4v) is 3.94. The molecule has 0 amide bonds. The normalized spacial score (nSPS) is 25.3. The molecule has 0 radical (unpaired) electrons. The fraction of sp³-hybridized carbons (Fsp3) is 0.571. The third-order valence-electron chi connectivity index (χ3n) is 3.85. The van der Waals surface area contributed by atoms with Crippen molar-refractivity contribution in [3.05, 3.63) is 28.8 Å². The molecule has 1 unspecified atom stereocenters. The van der Waals surface area contributed by atoms with E-state index in [2.05, 4.69) is 34.5 Å². The quantitative estimate of drug-likeness (QED) is 0.904. The smallest absolute Gasteiger partial charge is 0.0484 e. The molecule has 0 spiro atoms. The molecule has 5 heteroatoms. The largest absolute Gasteiger partial charge is 0.304 e. The number of benzene rings is 1. The van der Waals surface area contributed by atoms with Crippen molar-refractivity contribution in [1.29, 1.82) is 0 Å². The van der Waals surface area contributed by atoms with Gasteiger partial charge in [-0.3, -0.25) is 0 Å². The average Bonchev–Trinajstić information content (AvgIpc) is 2.42. The number of fused-ring (bicyclic) bond motifs is 1. The second-order valence-corrected chi connectivity index (χ2v) is 6.86. The molecule has 2 aliphatic rings. The van der Waals surface area contributed by atoms with Gasteiger partial charge in [0.2, 0.25) is 0 Å². The maximum absolute atomic E-state index is 6.15. The molecular formula is C14H20ClN3S. The first-order chi connectivity index (χ1) is 9.22. The Balaban J connectivity index is 1.71. The number of likely N-dealkylation sites (N-methyl/N-ethyl adjacent to an activating group) is 1. The highest BCUT2D eigenvalue weighted by Gasteiger charge is 2.24. The number of nitrogens with one attached hydrogen (secondary N) is 1. The molecule has 2 aliphatic heterocycles. The molecule has 1 atom stereocenters. The summed E-state index contributed by atoms with van der Waals surface area (Å²) in [6.45, 7) is 4.46. The van der Waals surface area contributed by atoms with Crippen molar-refractivity contribution in [2.45, 2.75) is 17.4 Å². The predicted octanol–water partition coefficient (Wildman–Crippen LogP) is 2.63.